The van der Waals surface area contributed by atoms with Crippen LogP contribution in [-0.2, 0) is 5.41 Å². The lowest BCUT2D eigenvalue weighted by Gasteiger charge is -2.31. The fraction of sp³-hybridized carbons (Fsp3) is 0.0877. The van der Waals surface area contributed by atoms with E-state index in [2.05, 4.69) is 217 Å². The molecule has 1 heteroatoms. The fourth-order valence-electron chi connectivity index (χ4n) is 10.3. The Morgan fingerprint density at radius 1 is 0.328 bits per heavy atom. The van der Waals surface area contributed by atoms with Crippen molar-refractivity contribution in [3.05, 3.63) is 223 Å². The molecule has 0 heterocycles. The van der Waals surface area contributed by atoms with Crippen LogP contribution in [0.2, 0.25) is 0 Å². The van der Waals surface area contributed by atoms with Crippen LogP contribution in [0, 0.1) is 0 Å². The van der Waals surface area contributed by atoms with Gasteiger partial charge in [0.15, 0.2) is 0 Å². The summed E-state index contributed by atoms with van der Waals surface area (Å²) in [7, 11) is 0. The van der Waals surface area contributed by atoms with Crippen LogP contribution in [0.15, 0.2) is 212 Å². The Morgan fingerprint density at radius 2 is 0.828 bits per heavy atom. The minimum atomic E-state index is 0.0685. The van der Waals surface area contributed by atoms with Gasteiger partial charge in [-0.05, 0) is 104 Å². The maximum absolute atomic E-state index is 2.55. The smallest absolute Gasteiger partial charge is 0.0543 e. The van der Waals surface area contributed by atoms with Gasteiger partial charge in [0.25, 0.3) is 0 Å². The number of anilines is 3. The lowest BCUT2D eigenvalue weighted by atomic mass is 9.77. The second kappa shape index (κ2) is 14.2. The highest BCUT2D eigenvalue weighted by atomic mass is 15.1. The van der Waals surface area contributed by atoms with Gasteiger partial charge in [-0.1, -0.05) is 201 Å². The van der Waals surface area contributed by atoms with Crippen molar-refractivity contribution in [2.75, 3.05) is 4.90 Å². The number of fused-ring (bicyclic) bond motifs is 6. The van der Waals surface area contributed by atoms with Crippen LogP contribution in [0.3, 0.4) is 0 Å². The molecule has 0 radical (unpaired) electrons. The van der Waals surface area contributed by atoms with Crippen LogP contribution in [-0.4, -0.2) is 0 Å². The van der Waals surface area contributed by atoms with Crippen molar-refractivity contribution in [1.82, 2.24) is 0 Å². The molecule has 1 spiro atoms. The molecule has 1 fully saturated rings. The molecule has 0 saturated heterocycles. The molecule has 2 aliphatic rings. The molecule has 0 atom stereocenters. The maximum atomic E-state index is 2.55. The highest BCUT2D eigenvalue weighted by Gasteiger charge is 2.46. The largest absolute Gasteiger partial charge is 0.309 e. The van der Waals surface area contributed by atoms with E-state index in [4.69, 9.17) is 0 Å². The second-order valence-electron chi connectivity index (χ2n) is 15.9. The monoisotopic (exact) mass is 741 g/mol. The van der Waals surface area contributed by atoms with Crippen molar-refractivity contribution in [3.63, 3.8) is 0 Å². The molecule has 0 amide bonds. The van der Waals surface area contributed by atoms with Gasteiger partial charge in [0.1, 0.15) is 0 Å². The minimum Gasteiger partial charge on any atom is -0.309 e. The third-order valence-electron chi connectivity index (χ3n) is 12.9. The second-order valence-corrected chi connectivity index (χ2v) is 15.9. The predicted octanol–water partition coefficient (Wildman–Crippen LogP) is 15.8. The maximum Gasteiger partial charge on any atom is 0.0543 e. The Hall–Kier alpha value is -6.96. The normalized spacial score (nSPS) is 13.7. The highest BCUT2D eigenvalue weighted by molar-refractivity contribution is 6.02. The van der Waals surface area contributed by atoms with E-state index in [-0.39, 0.29) is 5.41 Å². The lowest BCUT2D eigenvalue weighted by molar-refractivity contribution is 0.550. The summed E-state index contributed by atoms with van der Waals surface area (Å²) in [5, 5.41) is 2.53. The van der Waals surface area contributed by atoms with E-state index in [1.54, 1.807) is 0 Å². The first-order valence-electron chi connectivity index (χ1n) is 20.7. The van der Waals surface area contributed by atoms with Gasteiger partial charge in [0.05, 0.1) is 11.4 Å². The van der Waals surface area contributed by atoms with Crippen molar-refractivity contribution in [2.45, 2.75) is 31.1 Å². The standard InChI is InChI=1S/C57H43N/c1-2-18-40(19-3-1)46-23-6-7-24-47(46)48-25-8-9-26-49(48)50-27-11-13-32-54(50)58(43-36-34-42(35-37-43)45-29-16-21-41-20-4-5-22-44(41)45)55-33-17-31-53-56(55)51-28-10-12-30-52(51)57(53)38-14-15-39-57/h1-13,16-37H,14-15,38-39H2. The van der Waals surface area contributed by atoms with Crippen LogP contribution in [0.4, 0.5) is 17.1 Å². The Morgan fingerprint density at radius 3 is 1.60 bits per heavy atom. The third-order valence-corrected chi connectivity index (χ3v) is 12.9. The van der Waals surface area contributed by atoms with Gasteiger partial charge in [-0.3, -0.25) is 0 Å². The van der Waals surface area contributed by atoms with Crippen LogP contribution < -0.4 is 4.90 Å². The van der Waals surface area contributed by atoms with Crippen LogP contribution in [0.25, 0.3) is 66.4 Å². The molecule has 0 unspecified atom stereocenters. The van der Waals surface area contributed by atoms with Crippen molar-refractivity contribution < 1.29 is 0 Å². The molecular weight excluding hydrogens is 699 g/mol. The van der Waals surface area contributed by atoms with E-state index < -0.39 is 0 Å². The Labute approximate surface area is 341 Å². The first-order chi connectivity index (χ1) is 28.8. The molecule has 0 aliphatic heterocycles. The number of rotatable bonds is 7. The molecule has 58 heavy (non-hydrogen) atoms. The fourth-order valence-corrected chi connectivity index (χ4v) is 10.3. The van der Waals surface area contributed by atoms with Gasteiger partial charge < -0.3 is 4.90 Å². The van der Waals surface area contributed by atoms with Gasteiger partial charge >= 0.3 is 0 Å². The van der Waals surface area contributed by atoms with Gasteiger partial charge in [-0.15, -0.1) is 0 Å². The number of nitrogens with zero attached hydrogens (tertiary/aromatic N) is 1. The van der Waals surface area contributed by atoms with E-state index in [0.717, 1.165) is 11.4 Å². The minimum absolute atomic E-state index is 0.0685. The quantitative estimate of drug-likeness (QED) is 0.157. The van der Waals surface area contributed by atoms with Crippen LogP contribution in [0.5, 0.6) is 0 Å². The van der Waals surface area contributed by atoms with Crippen molar-refractivity contribution >= 4 is 27.8 Å². The molecule has 1 nitrogen and oxygen atoms in total. The summed E-state index contributed by atoms with van der Waals surface area (Å²) in [5.74, 6) is 0. The highest BCUT2D eigenvalue weighted by Crippen LogP contribution is 2.60. The van der Waals surface area contributed by atoms with Crippen LogP contribution in [0.1, 0.15) is 36.8 Å². The van der Waals surface area contributed by atoms with E-state index >= 15 is 0 Å². The summed E-state index contributed by atoms with van der Waals surface area (Å²) in [6.07, 6.45) is 4.93. The van der Waals surface area contributed by atoms with E-state index in [0.29, 0.717) is 0 Å². The molecule has 0 N–H and O–H groups in total. The summed E-state index contributed by atoms with van der Waals surface area (Å²) in [4.78, 5) is 2.55. The third kappa shape index (κ3) is 5.53. The van der Waals surface area contributed by atoms with E-state index in [1.165, 1.54) is 109 Å². The van der Waals surface area contributed by atoms with E-state index in [9.17, 15) is 0 Å². The zero-order valence-corrected chi connectivity index (χ0v) is 32.5. The number of para-hydroxylation sites is 1. The summed E-state index contributed by atoms with van der Waals surface area (Å²) in [5.41, 5.74) is 19.1. The Bertz CT molecular complexity index is 2940. The summed E-state index contributed by atoms with van der Waals surface area (Å²) >= 11 is 0. The summed E-state index contributed by atoms with van der Waals surface area (Å²) in [6, 6.07) is 78.5. The van der Waals surface area contributed by atoms with Crippen LogP contribution >= 0.6 is 0 Å². The number of benzene rings is 9. The SMILES string of the molecule is c1ccc(-c2ccccc2-c2ccccc2-c2ccccc2N(c2ccc(-c3cccc4ccccc34)cc2)c2cccc3c2-c2ccccc2C32CCCC2)cc1. The lowest BCUT2D eigenvalue weighted by Crippen LogP contribution is -2.20. The predicted molar refractivity (Wildman–Crippen MR) is 245 cm³/mol. The van der Waals surface area contributed by atoms with Gasteiger partial charge in [0, 0.05) is 22.2 Å². The Kier molecular flexibility index (Phi) is 8.40. The molecule has 9 aromatic rings. The molecule has 276 valence electrons. The first kappa shape index (κ1) is 34.3. The summed E-state index contributed by atoms with van der Waals surface area (Å²) < 4.78 is 0. The van der Waals surface area contributed by atoms with Crippen molar-refractivity contribution in [1.29, 1.82) is 0 Å². The number of hydrogen-bond donors (Lipinski definition) is 0. The van der Waals surface area contributed by atoms with E-state index in [1.807, 2.05) is 0 Å². The molecule has 2 aliphatic carbocycles. The first-order valence-corrected chi connectivity index (χ1v) is 20.7. The molecule has 1 saturated carbocycles. The molecule has 9 aromatic carbocycles. The average molecular weight is 742 g/mol. The molecule has 11 rings (SSSR count). The van der Waals surface area contributed by atoms with Gasteiger partial charge in [-0.2, -0.15) is 0 Å². The molecule has 0 bridgehead atoms. The zero-order chi connectivity index (χ0) is 38.5. The average Bonchev–Trinajstić information content (AvgIpc) is 3.91. The van der Waals surface area contributed by atoms with Crippen molar-refractivity contribution in [3.8, 4) is 55.6 Å². The Balaban J connectivity index is 1.14. The van der Waals surface area contributed by atoms with Gasteiger partial charge in [0.2, 0.25) is 0 Å². The van der Waals surface area contributed by atoms with Crippen molar-refractivity contribution in [2.24, 2.45) is 0 Å². The number of hydrogen-bond acceptors (Lipinski definition) is 1. The summed E-state index contributed by atoms with van der Waals surface area (Å²) in [6.45, 7) is 0. The van der Waals surface area contributed by atoms with Gasteiger partial charge in [-0.25, -0.2) is 0 Å². The molecular formula is C57H43N. The molecule has 0 aromatic heterocycles. The zero-order valence-electron chi connectivity index (χ0n) is 32.5. The topological polar surface area (TPSA) is 3.24 Å².